The molecule has 0 heterocycles. The van der Waals surface area contributed by atoms with Crippen molar-refractivity contribution >= 4 is 51.0 Å². The van der Waals surface area contributed by atoms with Gasteiger partial charge in [-0.1, -0.05) is 28.1 Å². The standard InChI is InChI=1S/C6H3BBrF3I.K/c8-5-1-4(7(9,10)11)2-6(12)3-5;/h1-3H;/q-1;+1. The molecular weight excluding hydrogens is 386 g/mol. The molecule has 0 saturated heterocycles. The van der Waals surface area contributed by atoms with Crippen LogP contribution in [-0.2, 0) is 0 Å². The van der Waals surface area contributed by atoms with Crippen LogP contribution in [0.4, 0.5) is 12.9 Å². The third-order valence-corrected chi connectivity index (χ3v) is 2.34. The Morgan fingerprint density at radius 3 is 2.08 bits per heavy atom. The fraction of sp³-hybridized carbons (Fsp3) is 0. The molecule has 7 heteroatoms. The van der Waals surface area contributed by atoms with Crippen LogP contribution in [0.1, 0.15) is 0 Å². The van der Waals surface area contributed by atoms with Gasteiger partial charge in [0, 0.05) is 8.04 Å². The summed E-state index contributed by atoms with van der Waals surface area (Å²) in [7, 11) is 0. The van der Waals surface area contributed by atoms with Gasteiger partial charge in [0.1, 0.15) is 0 Å². The van der Waals surface area contributed by atoms with Gasteiger partial charge in [0.25, 0.3) is 0 Å². The van der Waals surface area contributed by atoms with E-state index in [-0.39, 0.29) is 51.4 Å². The van der Waals surface area contributed by atoms with Crippen molar-refractivity contribution < 1.29 is 64.3 Å². The van der Waals surface area contributed by atoms with E-state index in [9.17, 15) is 12.9 Å². The topological polar surface area (TPSA) is 0 Å². The molecule has 0 fully saturated rings. The fourth-order valence-corrected chi connectivity index (χ4v) is 2.40. The minimum Gasteiger partial charge on any atom is -0.445 e. The Kier molecular flexibility index (Phi) is 6.72. The number of benzene rings is 1. The molecule has 0 radical (unpaired) electrons. The molecule has 1 aromatic rings. The Labute approximate surface area is 139 Å². The first kappa shape index (κ1) is 14.9. The van der Waals surface area contributed by atoms with E-state index in [4.69, 9.17) is 0 Å². The molecule has 0 aliphatic carbocycles. The molecule has 13 heavy (non-hydrogen) atoms. The largest absolute Gasteiger partial charge is 1.00 e. The Balaban J connectivity index is 0.00000144. The molecule has 0 aromatic heterocycles. The first-order valence-corrected chi connectivity index (χ1v) is 4.93. The molecule has 0 unspecified atom stereocenters. The minimum absolute atomic E-state index is 0. The zero-order valence-corrected chi connectivity index (χ0v) is 13.6. The van der Waals surface area contributed by atoms with Crippen LogP contribution in [0.25, 0.3) is 0 Å². The van der Waals surface area contributed by atoms with Crippen molar-refractivity contribution in [2.45, 2.75) is 0 Å². The second-order valence-electron chi connectivity index (χ2n) is 2.28. The van der Waals surface area contributed by atoms with E-state index >= 15 is 0 Å². The first-order valence-electron chi connectivity index (χ1n) is 3.05. The van der Waals surface area contributed by atoms with Crippen molar-refractivity contribution in [2.75, 3.05) is 0 Å². The molecule has 0 atom stereocenters. The first-order chi connectivity index (χ1) is 5.39. The SMILES string of the molecule is F[B-](F)(F)c1cc(Br)cc(I)c1.[K+]. The van der Waals surface area contributed by atoms with Gasteiger partial charge in [0.15, 0.2) is 0 Å². The van der Waals surface area contributed by atoms with Gasteiger partial charge >= 0.3 is 58.4 Å². The third kappa shape index (κ3) is 4.99. The smallest absolute Gasteiger partial charge is 0.445 e. The monoisotopic (exact) mass is 388 g/mol. The van der Waals surface area contributed by atoms with Crippen molar-refractivity contribution in [3.63, 3.8) is 0 Å². The average molecular weight is 389 g/mol. The van der Waals surface area contributed by atoms with Crippen molar-refractivity contribution in [1.82, 2.24) is 0 Å². The summed E-state index contributed by atoms with van der Waals surface area (Å²) >= 11 is 4.86. The predicted octanol–water partition coefficient (Wildman–Crippen LogP) is 0.112. The van der Waals surface area contributed by atoms with Gasteiger partial charge in [-0.3, -0.25) is 0 Å². The summed E-state index contributed by atoms with van der Waals surface area (Å²) in [6, 6.07) is 3.85. The van der Waals surface area contributed by atoms with Crippen LogP contribution in [0.15, 0.2) is 22.7 Å². The van der Waals surface area contributed by atoms with E-state index in [2.05, 4.69) is 15.9 Å². The third-order valence-electron chi connectivity index (χ3n) is 1.26. The Hall–Kier alpha value is 1.92. The average Bonchev–Trinajstić information content (AvgIpc) is 1.82. The summed E-state index contributed by atoms with van der Waals surface area (Å²) in [5.41, 5.74) is -0.561. The maximum atomic E-state index is 12.2. The van der Waals surface area contributed by atoms with Gasteiger partial charge in [0.2, 0.25) is 0 Å². The van der Waals surface area contributed by atoms with Gasteiger partial charge in [-0.05, 0) is 28.7 Å². The second-order valence-corrected chi connectivity index (χ2v) is 4.44. The van der Waals surface area contributed by atoms with Crippen LogP contribution in [-0.4, -0.2) is 6.98 Å². The molecule has 0 nitrogen and oxygen atoms in total. The summed E-state index contributed by atoms with van der Waals surface area (Å²) in [5, 5.41) is 0. The molecule has 1 aromatic carbocycles. The summed E-state index contributed by atoms with van der Waals surface area (Å²) in [6.45, 7) is -4.88. The van der Waals surface area contributed by atoms with Gasteiger partial charge in [-0.2, -0.15) is 0 Å². The van der Waals surface area contributed by atoms with Crippen molar-refractivity contribution in [1.29, 1.82) is 0 Å². The van der Waals surface area contributed by atoms with Gasteiger partial charge in [-0.25, -0.2) is 0 Å². The number of halogens is 5. The van der Waals surface area contributed by atoms with Gasteiger partial charge in [-0.15, -0.1) is 5.46 Å². The molecule has 0 saturated carbocycles. The van der Waals surface area contributed by atoms with E-state index < -0.39 is 12.4 Å². The van der Waals surface area contributed by atoms with Crippen LogP contribution in [0.5, 0.6) is 0 Å². The van der Waals surface area contributed by atoms with E-state index in [0.717, 1.165) is 12.1 Å². The van der Waals surface area contributed by atoms with E-state index in [1.807, 2.05) is 22.6 Å². The second kappa shape index (κ2) is 5.86. The summed E-state index contributed by atoms with van der Waals surface area (Å²) < 4.78 is 37.6. The van der Waals surface area contributed by atoms with Crippen molar-refractivity contribution in [3.05, 3.63) is 26.2 Å². The van der Waals surface area contributed by atoms with Crippen LogP contribution < -0.4 is 56.8 Å². The molecule has 0 N–H and O–H groups in total. The van der Waals surface area contributed by atoms with Crippen LogP contribution in [0, 0.1) is 3.57 Å². The molecule has 0 spiro atoms. The van der Waals surface area contributed by atoms with Crippen molar-refractivity contribution in [2.24, 2.45) is 0 Å². The van der Waals surface area contributed by atoms with E-state index in [1.165, 1.54) is 0 Å². The van der Waals surface area contributed by atoms with Gasteiger partial charge in [0.05, 0.1) is 0 Å². The van der Waals surface area contributed by atoms with Gasteiger partial charge < -0.3 is 12.9 Å². The van der Waals surface area contributed by atoms with Crippen LogP contribution >= 0.6 is 38.5 Å². The zero-order valence-electron chi connectivity index (χ0n) is 6.70. The van der Waals surface area contributed by atoms with E-state index in [0.29, 0.717) is 8.04 Å². The molecule has 66 valence electrons. The van der Waals surface area contributed by atoms with Crippen LogP contribution in [0.2, 0.25) is 0 Å². The Morgan fingerprint density at radius 1 is 1.15 bits per heavy atom. The normalized spacial score (nSPS) is 10.8. The maximum absolute atomic E-state index is 12.2. The quantitative estimate of drug-likeness (QED) is 0.473. The number of hydrogen-bond acceptors (Lipinski definition) is 0. The Bertz CT molecular complexity index is 284. The van der Waals surface area contributed by atoms with Crippen LogP contribution in [0.3, 0.4) is 0 Å². The zero-order chi connectivity index (χ0) is 9.35. The molecular formula is C6H3BBrF3IK. The molecule has 0 aliphatic heterocycles. The summed E-state index contributed by atoms with van der Waals surface area (Å²) in [5.74, 6) is 0. The van der Waals surface area contributed by atoms with E-state index in [1.54, 1.807) is 6.07 Å². The minimum atomic E-state index is -4.88. The predicted molar refractivity (Wildman–Crippen MR) is 55.6 cm³/mol. The maximum Gasteiger partial charge on any atom is 1.00 e. The fourth-order valence-electron chi connectivity index (χ4n) is 0.764. The number of rotatable bonds is 1. The molecule has 0 bridgehead atoms. The summed E-state index contributed by atoms with van der Waals surface area (Å²) in [4.78, 5) is 0. The van der Waals surface area contributed by atoms with Crippen molar-refractivity contribution in [3.8, 4) is 0 Å². The molecule has 1 rings (SSSR count). The summed E-state index contributed by atoms with van der Waals surface area (Å²) in [6.07, 6.45) is 0. The molecule has 0 amide bonds. The molecule has 0 aliphatic rings. The Morgan fingerprint density at radius 2 is 1.69 bits per heavy atom. The number of hydrogen-bond donors (Lipinski definition) is 0.